The molecule has 1 aliphatic rings. The van der Waals surface area contributed by atoms with Crippen LogP contribution in [0.5, 0.6) is 0 Å². The Morgan fingerprint density at radius 1 is 1.50 bits per heavy atom. The molecule has 0 aliphatic heterocycles. The molecule has 0 aromatic heterocycles. The lowest BCUT2D eigenvalue weighted by atomic mass is 9.83. The Labute approximate surface area is 105 Å². The standard InChI is InChI=1S/C11H18N2O5/c12-8(11(16)17)3-5-18-6-4-13-10(15)7-1-2-9(7)14/h7-8H,1-6,12H2,(H,13,15)(H,16,17)/t7-,8-/m0/s1. The summed E-state index contributed by atoms with van der Waals surface area (Å²) < 4.78 is 5.12. The zero-order valence-electron chi connectivity index (χ0n) is 10.1. The minimum absolute atomic E-state index is 0.0131. The van der Waals surface area contributed by atoms with Crippen molar-refractivity contribution >= 4 is 17.7 Å². The zero-order valence-corrected chi connectivity index (χ0v) is 10.1. The fourth-order valence-electron chi connectivity index (χ4n) is 1.49. The topological polar surface area (TPSA) is 119 Å². The molecule has 102 valence electrons. The molecule has 0 aromatic carbocycles. The number of rotatable bonds is 8. The van der Waals surface area contributed by atoms with Crippen LogP contribution in [0, 0.1) is 5.92 Å². The SMILES string of the molecule is N[C@@H](CCOCCNC(=O)[C@H]1CCC1=O)C(=O)O. The van der Waals surface area contributed by atoms with Gasteiger partial charge in [0.05, 0.1) is 12.5 Å². The Balaban J connectivity index is 1.97. The highest BCUT2D eigenvalue weighted by molar-refractivity contribution is 6.05. The summed E-state index contributed by atoms with van der Waals surface area (Å²) in [6.07, 6.45) is 1.34. The number of Topliss-reactive ketones (excluding diaryl/α,β-unsaturated/α-hetero) is 1. The first-order valence-corrected chi connectivity index (χ1v) is 5.89. The second-order valence-electron chi connectivity index (χ2n) is 4.19. The predicted octanol–water partition coefficient (Wildman–Crippen LogP) is -1.10. The lowest BCUT2D eigenvalue weighted by molar-refractivity contribution is -0.140. The number of hydrogen-bond acceptors (Lipinski definition) is 5. The van der Waals surface area contributed by atoms with Crippen molar-refractivity contribution in [2.24, 2.45) is 11.7 Å². The monoisotopic (exact) mass is 258 g/mol. The Hall–Kier alpha value is -1.47. The van der Waals surface area contributed by atoms with Crippen molar-refractivity contribution in [1.29, 1.82) is 0 Å². The molecule has 1 saturated carbocycles. The average Bonchev–Trinajstić information content (AvgIpc) is 2.31. The van der Waals surface area contributed by atoms with E-state index in [4.69, 9.17) is 15.6 Å². The highest BCUT2D eigenvalue weighted by Crippen LogP contribution is 2.21. The Morgan fingerprint density at radius 2 is 2.22 bits per heavy atom. The molecule has 0 bridgehead atoms. The number of hydrogen-bond donors (Lipinski definition) is 3. The third kappa shape index (κ3) is 4.42. The summed E-state index contributed by atoms with van der Waals surface area (Å²) in [5.41, 5.74) is 5.27. The maximum Gasteiger partial charge on any atom is 0.320 e. The number of carboxylic acid groups (broad SMARTS) is 1. The molecule has 0 radical (unpaired) electrons. The minimum Gasteiger partial charge on any atom is -0.480 e. The summed E-state index contributed by atoms with van der Waals surface area (Å²) in [5.74, 6) is -1.81. The molecule has 1 fully saturated rings. The van der Waals surface area contributed by atoms with E-state index in [9.17, 15) is 14.4 Å². The second kappa shape index (κ2) is 7.07. The molecule has 0 saturated heterocycles. The number of ketones is 1. The first-order chi connectivity index (χ1) is 8.52. The van der Waals surface area contributed by atoms with Crippen molar-refractivity contribution in [1.82, 2.24) is 5.32 Å². The summed E-state index contributed by atoms with van der Waals surface area (Å²) in [7, 11) is 0. The minimum atomic E-state index is -1.06. The van der Waals surface area contributed by atoms with Gasteiger partial charge in [0.1, 0.15) is 11.8 Å². The van der Waals surface area contributed by atoms with E-state index in [1.54, 1.807) is 0 Å². The van der Waals surface area contributed by atoms with E-state index in [0.29, 0.717) is 19.4 Å². The Kier molecular flexibility index (Phi) is 5.73. The van der Waals surface area contributed by atoms with Gasteiger partial charge in [0, 0.05) is 19.6 Å². The van der Waals surface area contributed by atoms with Gasteiger partial charge in [-0.15, -0.1) is 0 Å². The van der Waals surface area contributed by atoms with Crippen LogP contribution in [0.25, 0.3) is 0 Å². The maximum absolute atomic E-state index is 11.4. The average molecular weight is 258 g/mol. The molecule has 18 heavy (non-hydrogen) atoms. The first kappa shape index (κ1) is 14.6. The highest BCUT2D eigenvalue weighted by Gasteiger charge is 2.34. The molecule has 7 heteroatoms. The van der Waals surface area contributed by atoms with Crippen LogP contribution >= 0.6 is 0 Å². The Morgan fingerprint density at radius 3 is 2.72 bits per heavy atom. The van der Waals surface area contributed by atoms with E-state index < -0.39 is 17.9 Å². The van der Waals surface area contributed by atoms with Crippen LogP contribution in [0.4, 0.5) is 0 Å². The Bertz CT molecular complexity index is 331. The largest absolute Gasteiger partial charge is 0.480 e. The fourth-order valence-corrected chi connectivity index (χ4v) is 1.49. The van der Waals surface area contributed by atoms with Gasteiger partial charge in [-0.1, -0.05) is 0 Å². The molecular formula is C11H18N2O5. The van der Waals surface area contributed by atoms with Crippen LogP contribution in [-0.4, -0.2) is 48.6 Å². The number of ether oxygens (including phenoxy) is 1. The van der Waals surface area contributed by atoms with Crippen LogP contribution < -0.4 is 11.1 Å². The quantitative estimate of drug-likeness (QED) is 0.375. The van der Waals surface area contributed by atoms with Crippen molar-refractivity contribution in [2.45, 2.75) is 25.3 Å². The van der Waals surface area contributed by atoms with E-state index in [1.807, 2.05) is 0 Å². The van der Waals surface area contributed by atoms with Gasteiger partial charge in [0.2, 0.25) is 5.91 Å². The predicted molar refractivity (Wildman–Crippen MR) is 61.8 cm³/mol. The third-order valence-corrected chi connectivity index (χ3v) is 2.82. The molecule has 0 aromatic rings. The van der Waals surface area contributed by atoms with Crippen LogP contribution in [-0.2, 0) is 19.1 Å². The third-order valence-electron chi connectivity index (χ3n) is 2.82. The molecule has 0 spiro atoms. The number of nitrogens with one attached hydrogen (secondary N) is 1. The van der Waals surface area contributed by atoms with Crippen LogP contribution in [0.1, 0.15) is 19.3 Å². The second-order valence-corrected chi connectivity index (χ2v) is 4.19. The van der Waals surface area contributed by atoms with Gasteiger partial charge in [-0.2, -0.15) is 0 Å². The van der Waals surface area contributed by atoms with E-state index in [0.717, 1.165) is 0 Å². The summed E-state index contributed by atoms with van der Waals surface area (Å²) in [5, 5.41) is 11.1. The van der Waals surface area contributed by atoms with Crippen molar-refractivity contribution < 1.29 is 24.2 Å². The number of amides is 1. The number of aliphatic carboxylic acids is 1. The van der Waals surface area contributed by atoms with Gasteiger partial charge in [-0.25, -0.2) is 0 Å². The normalized spacial score (nSPS) is 20.1. The van der Waals surface area contributed by atoms with Gasteiger partial charge >= 0.3 is 5.97 Å². The highest BCUT2D eigenvalue weighted by atomic mass is 16.5. The van der Waals surface area contributed by atoms with Crippen LogP contribution in [0.15, 0.2) is 0 Å². The molecule has 2 atom stereocenters. The van der Waals surface area contributed by atoms with Crippen molar-refractivity contribution in [2.75, 3.05) is 19.8 Å². The molecular weight excluding hydrogens is 240 g/mol. The van der Waals surface area contributed by atoms with E-state index in [2.05, 4.69) is 5.32 Å². The lowest BCUT2D eigenvalue weighted by Crippen LogP contribution is -2.42. The van der Waals surface area contributed by atoms with Gasteiger partial charge < -0.3 is 20.9 Å². The van der Waals surface area contributed by atoms with E-state index in [-0.39, 0.29) is 31.3 Å². The molecule has 7 nitrogen and oxygen atoms in total. The number of carboxylic acids is 1. The summed E-state index contributed by atoms with van der Waals surface area (Å²) in [6, 6.07) is -0.924. The van der Waals surface area contributed by atoms with E-state index >= 15 is 0 Å². The molecule has 0 unspecified atom stereocenters. The molecule has 1 aliphatic carbocycles. The molecule has 1 rings (SSSR count). The smallest absolute Gasteiger partial charge is 0.320 e. The van der Waals surface area contributed by atoms with Gasteiger partial charge in [-0.05, 0) is 12.8 Å². The number of carbonyl (C=O) groups excluding carboxylic acids is 2. The summed E-state index contributed by atoms with van der Waals surface area (Å²) in [6.45, 7) is 0.815. The van der Waals surface area contributed by atoms with E-state index in [1.165, 1.54) is 0 Å². The first-order valence-electron chi connectivity index (χ1n) is 5.89. The summed E-state index contributed by atoms with van der Waals surface area (Å²) in [4.78, 5) is 32.7. The number of nitrogens with two attached hydrogens (primary N) is 1. The van der Waals surface area contributed by atoms with Crippen LogP contribution in [0.2, 0.25) is 0 Å². The van der Waals surface area contributed by atoms with Crippen molar-refractivity contribution in [3.05, 3.63) is 0 Å². The molecule has 0 heterocycles. The van der Waals surface area contributed by atoms with Gasteiger partial charge in [0.15, 0.2) is 0 Å². The molecule has 1 amide bonds. The van der Waals surface area contributed by atoms with Crippen molar-refractivity contribution in [3.8, 4) is 0 Å². The van der Waals surface area contributed by atoms with Gasteiger partial charge in [0.25, 0.3) is 0 Å². The zero-order chi connectivity index (χ0) is 13.5. The molecule has 4 N–H and O–H groups in total. The van der Waals surface area contributed by atoms with Crippen molar-refractivity contribution in [3.63, 3.8) is 0 Å². The fraction of sp³-hybridized carbons (Fsp3) is 0.727. The number of carbonyl (C=O) groups is 3. The van der Waals surface area contributed by atoms with Gasteiger partial charge in [-0.3, -0.25) is 14.4 Å². The van der Waals surface area contributed by atoms with Crippen LogP contribution in [0.3, 0.4) is 0 Å². The lowest BCUT2D eigenvalue weighted by Gasteiger charge is -2.22. The maximum atomic E-state index is 11.4. The summed E-state index contributed by atoms with van der Waals surface area (Å²) >= 11 is 0.